The third-order valence-corrected chi connectivity index (χ3v) is 2.79. The Labute approximate surface area is 118 Å². The van der Waals surface area contributed by atoms with Gasteiger partial charge in [-0.05, 0) is 24.6 Å². The van der Waals surface area contributed by atoms with E-state index in [9.17, 15) is 4.79 Å². The fourth-order valence-corrected chi connectivity index (χ4v) is 1.70. The molecule has 5 nitrogen and oxygen atoms in total. The molecule has 0 aliphatic carbocycles. The molecule has 2 aromatic rings. The summed E-state index contributed by atoms with van der Waals surface area (Å²) in [5, 5.41) is 9.80. The lowest BCUT2D eigenvalue weighted by Crippen LogP contribution is -2.21. The standard InChI is InChI=1S/C15H19N3O2/c1-10(2)16-9-12-4-6-13(7-5-12)17-15(19)14-8-11(3)20-18-14/h4-8,10,16H,9H2,1-3H3,(H,17,19). The Balaban J connectivity index is 1.95. The average molecular weight is 273 g/mol. The molecule has 0 spiro atoms. The van der Waals surface area contributed by atoms with Gasteiger partial charge in [0.1, 0.15) is 5.76 Å². The third-order valence-electron chi connectivity index (χ3n) is 2.79. The zero-order valence-electron chi connectivity index (χ0n) is 11.9. The van der Waals surface area contributed by atoms with Crippen molar-refractivity contribution in [3.63, 3.8) is 0 Å². The zero-order valence-corrected chi connectivity index (χ0v) is 11.9. The molecule has 0 saturated heterocycles. The van der Waals surface area contributed by atoms with Crippen molar-refractivity contribution in [2.45, 2.75) is 33.4 Å². The van der Waals surface area contributed by atoms with Crippen LogP contribution in [0.3, 0.4) is 0 Å². The molecule has 20 heavy (non-hydrogen) atoms. The van der Waals surface area contributed by atoms with E-state index in [4.69, 9.17) is 4.52 Å². The molecule has 2 rings (SSSR count). The molecule has 0 unspecified atom stereocenters. The van der Waals surface area contributed by atoms with Gasteiger partial charge in [-0.3, -0.25) is 4.79 Å². The minimum atomic E-state index is -0.269. The fraction of sp³-hybridized carbons (Fsp3) is 0.333. The molecule has 1 aromatic carbocycles. The zero-order chi connectivity index (χ0) is 14.5. The van der Waals surface area contributed by atoms with Gasteiger partial charge in [-0.15, -0.1) is 0 Å². The van der Waals surface area contributed by atoms with E-state index >= 15 is 0 Å². The number of amides is 1. The van der Waals surface area contributed by atoms with Crippen LogP contribution in [-0.2, 0) is 6.54 Å². The molecule has 0 atom stereocenters. The highest BCUT2D eigenvalue weighted by Gasteiger charge is 2.10. The smallest absolute Gasteiger partial charge is 0.277 e. The van der Waals surface area contributed by atoms with E-state index in [0.29, 0.717) is 11.8 Å². The summed E-state index contributed by atoms with van der Waals surface area (Å²) < 4.78 is 4.88. The number of benzene rings is 1. The Morgan fingerprint density at radius 3 is 2.55 bits per heavy atom. The molecule has 2 N–H and O–H groups in total. The summed E-state index contributed by atoms with van der Waals surface area (Å²) in [4.78, 5) is 11.9. The van der Waals surface area contributed by atoms with Gasteiger partial charge in [0.15, 0.2) is 5.69 Å². The van der Waals surface area contributed by atoms with Crippen molar-refractivity contribution in [1.29, 1.82) is 0 Å². The van der Waals surface area contributed by atoms with Crippen LogP contribution >= 0.6 is 0 Å². The van der Waals surface area contributed by atoms with Crippen molar-refractivity contribution in [2.75, 3.05) is 5.32 Å². The van der Waals surface area contributed by atoms with E-state index in [-0.39, 0.29) is 11.6 Å². The summed E-state index contributed by atoms with van der Waals surface area (Å²) >= 11 is 0. The first kappa shape index (κ1) is 14.3. The van der Waals surface area contributed by atoms with Gasteiger partial charge in [0.25, 0.3) is 5.91 Å². The van der Waals surface area contributed by atoms with Gasteiger partial charge < -0.3 is 15.2 Å². The van der Waals surface area contributed by atoms with E-state index in [2.05, 4.69) is 29.6 Å². The van der Waals surface area contributed by atoms with Crippen LogP contribution in [0.2, 0.25) is 0 Å². The van der Waals surface area contributed by atoms with E-state index in [1.165, 1.54) is 5.56 Å². The molecule has 0 aliphatic rings. The first-order valence-electron chi connectivity index (χ1n) is 6.61. The molecule has 5 heteroatoms. The second kappa shape index (κ2) is 6.34. The monoisotopic (exact) mass is 273 g/mol. The summed E-state index contributed by atoms with van der Waals surface area (Å²) in [5.41, 5.74) is 2.20. The van der Waals surface area contributed by atoms with Crippen LogP contribution in [-0.4, -0.2) is 17.1 Å². The van der Waals surface area contributed by atoms with Crippen molar-refractivity contribution in [1.82, 2.24) is 10.5 Å². The van der Waals surface area contributed by atoms with Crippen molar-refractivity contribution < 1.29 is 9.32 Å². The van der Waals surface area contributed by atoms with Crippen LogP contribution in [0.25, 0.3) is 0 Å². The minimum absolute atomic E-state index is 0.269. The van der Waals surface area contributed by atoms with E-state index < -0.39 is 0 Å². The number of carbonyl (C=O) groups excluding carboxylic acids is 1. The van der Waals surface area contributed by atoms with Crippen molar-refractivity contribution in [3.8, 4) is 0 Å². The van der Waals surface area contributed by atoms with Crippen molar-refractivity contribution >= 4 is 11.6 Å². The first-order valence-corrected chi connectivity index (χ1v) is 6.61. The molecule has 106 valence electrons. The molecule has 0 bridgehead atoms. The fourth-order valence-electron chi connectivity index (χ4n) is 1.70. The summed E-state index contributed by atoms with van der Waals surface area (Å²) in [6.07, 6.45) is 0. The number of nitrogens with zero attached hydrogens (tertiary/aromatic N) is 1. The van der Waals surface area contributed by atoms with Gasteiger partial charge >= 0.3 is 0 Å². The van der Waals surface area contributed by atoms with Gasteiger partial charge in [0, 0.05) is 24.3 Å². The van der Waals surface area contributed by atoms with E-state index in [1.54, 1.807) is 13.0 Å². The molecule has 1 heterocycles. The van der Waals surface area contributed by atoms with Gasteiger partial charge in [0.05, 0.1) is 0 Å². The molecule has 1 amide bonds. The molecule has 0 aliphatic heterocycles. The number of aryl methyl sites for hydroxylation is 1. The lowest BCUT2D eigenvalue weighted by molar-refractivity contribution is 0.101. The Kier molecular flexibility index (Phi) is 4.53. The molecule has 0 fully saturated rings. The van der Waals surface area contributed by atoms with Gasteiger partial charge in [-0.1, -0.05) is 31.1 Å². The van der Waals surface area contributed by atoms with Gasteiger partial charge in [-0.2, -0.15) is 0 Å². The second-order valence-electron chi connectivity index (χ2n) is 5.01. The normalized spacial score (nSPS) is 10.8. The highest BCUT2D eigenvalue weighted by atomic mass is 16.5. The molecule has 0 radical (unpaired) electrons. The predicted octanol–water partition coefficient (Wildman–Crippen LogP) is 2.73. The maximum Gasteiger partial charge on any atom is 0.277 e. The Morgan fingerprint density at radius 1 is 1.30 bits per heavy atom. The third kappa shape index (κ3) is 3.93. The number of hydrogen-bond acceptors (Lipinski definition) is 4. The van der Waals surface area contributed by atoms with Crippen molar-refractivity contribution in [2.24, 2.45) is 0 Å². The number of rotatable bonds is 5. The SMILES string of the molecule is Cc1cc(C(=O)Nc2ccc(CNC(C)C)cc2)no1. The molecular formula is C15H19N3O2. The highest BCUT2D eigenvalue weighted by molar-refractivity contribution is 6.02. The first-order chi connectivity index (χ1) is 9.54. The topological polar surface area (TPSA) is 67.2 Å². The van der Waals surface area contributed by atoms with Gasteiger partial charge in [-0.25, -0.2) is 0 Å². The van der Waals surface area contributed by atoms with Crippen LogP contribution in [0.4, 0.5) is 5.69 Å². The average Bonchev–Trinajstić information content (AvgIpc) is 2.85. The number of hydrogen-bond donors (Lipinski definition) is 2. The maximum absolute atomic E-state index is 11.9. The number of anilines is 1. The summed E-state index contributed by atoms with van der Waals surface area (Å²) in [5.74, 6) is 0.347. The lowest BCUT2D eigenvalue weighted by atomic mass is 10.2. The molecule has 0 saturated carbocycles. The maximum atomic E-state index is 11.9. The number of nitrogens with one attached hydrogen (secondary N) is 2. The Morgan fingerprint density at radius 2 is 2.00 bits per heavy atom. The molecule has 1 aromatic heterocycles. The van der Waals surface area contributed by atoms with Gasteiger partial charge in [0.2, 0.25) is 0 Å². The summed E-state index contributed by atoms with van der Waals surface area (Å²) in [6, 6.07) is 9.78. The van der Waals surface area contributed by atoms with Crippen LogP contribution in [0.1, 0.15) is 35.7 Å². The van der Waals surface area contributed by atoms with Crippen LogP contribution in [0, 0.1) is 6.92 Å². The number of carbonyl (C=O) groups is 1. The summed E-state index contributed by atoms with van der Waals surface area (Å²) in [7, 11) is 0. The Bertz CT molecular complexity index is 573. The lowest BCUT2D eigenvalue weighted by Gasteiger charge is -2.09. The number of aromatic nitrogens is 1. The quantitative estimate of drug-likeness (QED) is 0.879. The van der Waals surface area contributed by atoms with E-state index in [1.807, 2.05) is 24.3 Å². The van der Waals surface area contributed by atoms with Crippen LogP contribution < -0.4 is 10.6 Å². The minimum Gasteiger partial charge on any atom is -0.361 e. The van der Waals surface area contributed by atoms with Crippen LogP contribution in [0.15, 0.2) is 34.9 Å². The largest absolute Gasteiger partial charge is 0.361 e. The summed E-state index contributed by atoms with van der Waals surface area (Å²) in [6.45, 7) is 6.78. The van der Waals surface area contributed by atoms with Crippen LogP contribution in [0.5, 0.6) is 0 Å². The Hall–Kier alpha value is -2.14. The van der Waals surface area contributed by atoms with E-state index in [0.717, 1.165) is 12.2 Å². The highest BCUT2D eigenvalue weighted by Crippen LogP contribution is 2.11. The second-order valence-corrected chi connectivity index (χ2v) is 5.01. The predicted molar refractivity (Wildman–Crippen MR) is 77.6 cm³/mol. The molecular weight excluding hydrogens is 254 g/mol. The van der Waals surface area contributed by atoms with Crippen molar-refractivity contribution in [3.05, 3.63) is 47.3 Å².